The molecule has 0 aliphatic carbocycles. The first kappa shape index (κ1) is 18.1. The average Bonchev–Trinajstić information content (AvgIpc) is 3.09. The number of nitrogens with zero attached hydrogens (tertiary/aromatic N) is 3. The minimum atomic E-state index is -0.224. The number of hydrogen-bond donors (Lipinski definition) is 1. The van der Waals surface area contributed by atoms with E-state index >= 15 is 0 Å². The van der Waals surface area contributed by atoms with Gasteiger partial charge in [0, 0.05) is 44.0 Å². The van der Waals surface area contributed by atoms with Gasteiger partial charge in [-0.25, -0.2) is 4.98 Å². The molecule has 0 unspecified atom stereocenters. The van der Waals surface area contributed by atoms with Gasteiger partial charge in [0.15, 0.2) is 5.13 Å². The molecule has 2 heterocycles. The Morgan fingerprint density at radius 3 is 2.38 bits per heavy atom. The van der Waals surface area contributed by atoms with Crippen LogP contribution in [-0.4, -0.2) is 58.7 Å². The Labute approximate surface area is 155 Å². The van der Waals surface area contributed by atoms with E-state index in [-0.39, 0.29) is 24.1 Å². The summed E-state index contributed by atoms with van der Waals surface area (Å²) in [5.74, 6) is -0.201. The maximum Gasteiger partial charge on any atom is 0.257 e. The van der Waals surface area contributed by atoms with E-state index in [0.29, 0.717) is 42.6 Å². The Morgan fingerprint density at radius 2 is 1.73 bits per heavy atom. The zero-order chi connectivity index (χ0) is 18.5. The molecule has 1 fully saturated rings. The molecule has 1 saturated heterocycles. The van der Waals surface area contributed by atoms with Crippen molar-refractivity contribution in [1.82, 2.24) is 14.8 Å². The van der Waals surface area contributed by atoms with E-state index in [1.165, 1.54) is 18.3 Å². The summed E-state index contributed by atoms with van der Waals surface area (Å²) >= 11 is 1.30. The van der Waals surface area contributed by atoms with E-state index in [1.807, 2.05) is 6.07 Å². The normalized spacial score (nSPS) is 14.2. The van der Waals surface area contributed by atoms with Gasteiger partial charge in [-0.05, 0) is 12.1 Å². The first-order valence-corrected chi connectivity index (χ1v) is 9.25. The summed E-state index contributed by atoms with van der Waals surface area (Å²) in [5, 5.41) is 5.01. The molecule has 2 aromatic rings. The molecule has 1 aliphatic rings. The number of anilines is 1. The quantitative estimate of drug-likeness (QED) is 0.884. The number of carbonyl (C=O) groups is 3. The van der Waals surface area contributed by atoms with Crippen LogP contribution in [-0.2, 0) is 16.0 Å². The molecule has 1 aromatic heterocycles. The van der Waals surface area contributed by atoms with Gasteiger partial charge in [-0.1, -0.05) is 18.2 Å². The molecule has 0 radical (unpaired) electrons. The first-order valence-electron chi connectivity index (χ1n) is 8.37. The second-order valence-corrected chi connectivity index (χ2v) is 6.89. The maximum absolute atomic E-state index is 12.4. The molecule has 7 nitrogen and oxygen atoms in total. The van der Waals surface area contributed by atoms with Gasteiger partial charge in [0.25, 0.3) is 5.91 Å². The highest BCUT2D eigenvalue weighted by atomic mass is 32.1. The van der Waals surface area contributed by atoms with Crippen molar-refractivity contribution < 1.29 is 14.4 Å². The van der Waals surface area contributed by atoms with Crippen LogP contribution in [0.4, 0.5) is 5.13 Å². The predicted octanol–water partition coefficient (Wildman–Crippen LogP) is 1.63. The van der Waals surface area contributed by atoms with Crippen molar-refractivity contribution in [2.45, 2.75) is 13.3 Å². The van der Waals surface area contributed by atoms with Crippen molar-refractivity contribution >= 4 is 34.2 Å². The minimum absolute atomic E-state index is 0.0144. The third-order valence-corrected chi connectivity index (χ3v) is 5.02. The Kier molecular flexibility index (Phi) is 5.62. The lowest BCUT2D eigenvalue weighted by Gasteiger charge is -2.34. The highest BCUT2D eigenvalue weighted by molar-refractivity contribution is 7.14. The van der Waals surface area contributed by atoms with Gasteiger partial charge in [-0.2, -0.15) is 0 Å². The largest absolute Gasteiger partial charge is 0.339 e. The molecular weight excluding hydrogens is 352 g/mol. The average molecular weight is 372 g/mol. The monoisotopic (exact) mass is 372 g/mol. The van der Waals surface area contributed by atoms with Crippen molar-refractivity contribution in [3.05, 3.63) is 47.0 Å². The molecule has 1 aliphatic heterocycles. The number of nitrogens with one attached hydrogen (secondary N) is 1. The van der Waals surface area contributed by atoms with Crippen LogP contribution < -0.4 is 5.32 Å². The molecule has 0 saturated carbocycles. The van der Waals surface area contributed by atoms with Gasteiger partial charge in [0.05, 0.1) is 12.1 Å². The molecule has 1 aromatic carbocycles. The summed E-state index contributed by atoms with van der Waals surface area (Å²) in [6.45, 7) is 3.76. The Morgan fingerprint density at radius 1 is 1.08 bits per heavy atom. The molecule has 0 spiro atoms. The smallest absolute Gasteiger partial charge is 0.257 e. The summed E-state index contributed by atoms with van der Waals surface area (Å²) < 4.78 is 0. The number of aromatic nitrogens is 1. The van der Waals surface area contributed by atoms with Crippen molar-refractivity contribution in [3.8, 4) is 0 Å². The number of hydrogen-bond acceptors (Lipinski definition) is 5. The van der Waals surface area contributed by atoms with E-state index in [2.05, 4.69) is 10.3 Å². The Bertz CT molecular complexity index is 798. The maximum atomic E-state index is 12.4. The standard InChI is InChI=1S/C18H20N4O3S/c1-13(23)21-7-9-22(10-8-21)16(24)11-15-12-26-18(19-15)20-17(25)14-5-3-2-4-6-14/h2-6,12H,7-11H2,1H3,(H,19,20,25). The van der Waals surface area contributed by atoms with Gasteiger partial charge in [0.2, 0.25) is 11.8 Å². The summed E-state index contributed by atoms with van der Waals surface area (Å²) in [4.78, 5) is 43.7. The molecule has 26 heavy (non-hydrogen) atoms. The summed E-state index contributed by atoms with van der Waals surface area (Å²) in [5.41, 5.74) is 1.20. The minimum Gasteiger partial charge on any atom is -0.339 e. The number of amides is 3. The van der Waals surface area contributed by atoms with Crippen molar-refractivity contribution in [3.63, 3.8) is 0 Å². The summed E-state index contributed by atoms with van der Waals surface area (Å²) in [6.07, 6.45) is 0.192. The highest BCUT2D eigenvalue weighted by Gasteiger charge is 2.23. The van der Waals surface area contributed by atoms with E-state index < -0.39 is 0 Å². The van der Waals surface area contributed by atoms with E-state index in [1.54, 1.807) is 39.4 Å². The zero-order valence-corrected chi connectivity index (χ0v) is 15.3. The number of carbonyl (C=O) groups excluding carboxylic acids is 3. The first-order chi connectivity index (χ1) is 12.5. The molecule has 8 heteroatoms. The summed E-state index contributed by atoms with van der Waals surface area (Å²) in [7, 11) is 0. The second-order valence-electron chi connectivity index (χ2n) is 6.03. The fourth-order valence-corrected chi connectivity index (χ4v) is 3.45. The number of benzene rings is 1. The van der Waals surface area contributed by atoms with E-state index in [4.69, 9.17) is 0 Å². The van der Waals surface area contributed by atoms with Crippen molar-refractivity contribution in [2.24, 2.45) is 0 Å². The number of rotatable bonds is 4. The topological polar surface area (TPSA) is 82.6 Å². The lowest BCUT2D eigenvalue weighted by Crippen LogP contribution is -2.50. The van der Waals surface area contributed by atoms with Crippen LogP contribution >= 0.6 is 11.3 Å². The van der Waals surface area contributed by atoms with Crippen LogP contribution in [0.2, 0.25) is 0 Å². The molecule has 0 bridgehead atoms. The van der Waals surface area contributed by atoms with E-state index in [9.17, 15) is 14.4 Å². The molecule has 136 valence electrons. The second kappa shape index (κ2) is 8.09. The van der Waals surface area contributed by atoms with Crippen molar-refractivity contribution in [1.29, 1.82) is 0 Å². The molecule has 0 atom stereocenters. The van der Waals surface area contributed by atoms with Crippen LogP contribution in [0.25, 0.3) is 0 Å². The third kappa shape index (κ3) is 4.45. The van der Waals surface area contributed by atoms with Gasteiger partial charge in [0.1, 0.15) is 0 Å². The molecule has 3 amide bonds. The van der Waals surface area contributed by atoms with Crippen LogP contribution in [0, 0.1) is 0 Å². The van der Waals surface area contributed by atoms with Gasteiger partial charge in [-0.3, -0.25) is 19.7 Å². The summed E-state index contributed by atoms with van der Waals surface area (Å²) in [6, 6.07) is 8.90. The lowest BCUT2D eigenvalue weighted by molar-refractivity contribution is -0.138. The van der Waals surface area contributed by atoms with Crippen molar-refractivity contribution in [2.75, 3.05) is 31.5 Å². The van der Waals surface area contributed by atoms with Gasteiger partial charge in [-0.15, -0.1) is 11.3 Å². The molecular formula is C18H20N4O3S. The van der Waals surface area contributed by atoms with E-state index in [0.717, 1.165) is 0 Å². The fourth-order valence-electron chi connectivity index (χ4n) is 2.74. The van der Waals surface area contributed by atoms with Crippen LogP contribution in [0.1, 0.15) is 23.0 Å². The molecule has 1 N–H and O–H groups in total. The van der Waals surface area contributed by atoms with Crippen LogP contribution in [0.3, 0.4) is 0 Å². The van der Waals surface area contributed by atoms with Gasteiger partial charge < -0.3 is 9.80 Å². The number of thiazole rings is 1. The highest BCUT2D eigenvalue weighted by Crippen LogP contribution is 2.18. The fraction of sp³-hybridized carbons (Fsp3) is 0.333. The Hall–Kier alpha value is -2.74. The Balaban J connectivity index is 1.53. The van der Waals surface area contributed by atoms with Crippen LogP contribution in [0.15, 0.2) is 35.7 Å². The van der Waals surface area contributed by atoms with Gasteiger partial charge >= 0.3 is 0 Å². The lowest BCUT2D eigenvalue weighted by atomic mass is 10.2. The molecule has 3 rings (SSSR count). The number of piperazine rings is 1. The van der Waals surface area contributed by atoms with Crippen LogP contribution in [0.5, 0.6) is 0 Å². The zero-order valence-electron chi connectivity index (χ0n) is 14.5. The third-order valence-electron chi connectivity index (χ3n) is 4.22. The predicted molar refractivity (Wildman–Crippen MR) is 99.0 cm³/mol. The SMILES string of the molecule is CC(=O)N1CCN(C(=O)Cc2csc(NC(=O)c3ccccc3)n2)CC1.